The Morgan fingerprint density at radius 3 is 2.24 bits per heavy atom. The molecule has 0 saturated heterocycles. The first-order valence-corrected chi connectivity index (χ1v) is 8.63. The highest BCUT2D eigenvalue weighted by Crippen LogP contribution is 2.37. The van der Waals surface area contributed by atoms with Gasteiger partial charge in [0.05, 0.1) is 7.11 Å². The summed E-state index contributed by atoms with van der Waals surface area (Å²) >= 11 is 0. The molecule has 0 aliphatic heterocycles. The fourth-order valence-electron chi connectivity index (χ4n) is 2.50. The topological polar surface area (TPSA) is 54.4 Å². The molecule has 0 aliphatic carbocycles. The first kappa shape index (κ1) is 19.3. The van der Waals surface area contributed by atoms with Gasteiger partial charge in [-0.2, -0.15) is 0 Å². The monoisotopic (exact) mass is 342 g/mol. The Kier molecular flexibility index (Phi) is 5.43. The van der Waals surface area contributed by atoms with Crippen LogP contribution in [-0.4, -0.2) is 22.7 Å². The third-order valence-electron chi connectivity index (χ3n) is 4.12. The molecule has 0 spiro atoms. The van der Waals surface area contributed by atoms with Crippen LogP contribution in [0.5, 0.6) is 11.6 Å². The Morgan fingerprint density at radius 1 is 1.08 bits per heavy atom. The molecule has 0 radical (unpaired) electrons. The van der Waals surface area contributed by atoms with Crippen molar-refractivity contribution in [1.29, 1.82) is 0 Å². The molecule has 1 heterocycles. The normalized spacial score (nSPS) is 12.3. The molecular formula is C21H30N2O2. The smallest absolute Gasteiger partial charge is 0.212 e. The zero-order chi connectivity index (χ0) is 18.8. The molecule has 0 atom stereocenters. The van der Waals surface area contributed by atoms with E-state index in [9.17, 15) is 5.11 Å². The van der Waals surface area contributed by atoms with Crippen molar-refractivity contribution in [3.8, 4) is 22.8 Å². The van der Waals surface area contributed by atoms with Crippen molar-refractivity contribution in [2.24, 2.45) is 0 Å². The SMILES string of the molecule is COc1ccc(-c2cc(C(C)(C)C)cc(CNC(C)(C)C)c2O)cn1. The number of rotatable bonds is 4. The third kappa shape index (κ3) is 4.95. The van der Waals surface area contributed by atoms with Gasteiger partial charge >= 0.3 is 0 Å². The first-order chi connectivity index (χ1) is 11.5. The second kappa shape index (κ2) is 7.04. The molecule has 0 bridgehead atoms. The van der Waals surface area contributed by atoms with E-state index in [-0.39, 0.29) is 11.0 Å². The van der Waals surface area contributed by atoms with Gasteiger partial charge in [0.2, 0.25) is 5.88 Å². The number of ether oxygens (including phenoxy) is 1. The molecule has 0 aliphatic rings. The van der Waals surface area contributed by atoms with Gasteiger partial charge in [0, 0.05) is 41.0 Å². The van der Waals surface area contributed by atoms with Crippen LogP contribution in [0.2, 0.25) is 0 Å². The Bertz CT molecular complexity index is 723. The minimum Gasteiger partial charge on any atom is -0.507 e. The van der Waals surface area contributed by atoms with E-state index in [0.717, 1.165) is 16.7 Å². The van der Waals surface area contributed by atoms with Gasteiger partial charge in [-0.25, -0.2) is 4.98 Å². The minimum atomic E-state index is -0.0218. The maximum Gasteiger partial charge on any atom is 0.212 e. The molecule has 0 saturated carbocycles. The first-order valence-electron chi connectivity index (χ1n) is 8.63. The Morgan fingerprint density at radius 2 is 1.76 bits per heavy atom. The van der Waals surface area contributed by atoms with Crippen LogP contribution in [0.3, 0.4) is 0 Å². The highest BCUT2D eigenvalue weighted by atomic mass is 16.5. The minimum absolute atomic E-state index is 0.0150. The lowest BCUT2D eigenvalue weighted by atomic mass is 9.83. The van der Waals surface area contributed by atoms with Gasteiger partial charge in [0.25, 0.3) is 0 Å². The van der Waals surface area contributed by atoms with Gasteiger partial charge in [-0.3, -0.25) is 0 Å². The lowest BCUT2D eigenvalue weighted by Gasteiger charge is -2.25. The van der Waals surface area contributed by atoms with Gasteiger partial charge in [0.15, 0.2) is 0 Å². The average molecular weight is 342 g/mol. The highest BCUT2D eigenvalue weighted by Gasteiger charge is 2.20. The van der Waals surface area contributed by atoms with Crippen molar-refractivity contribution >= 4 is 0 Å². The molecule has 4 heteroatoms. The molecule has 2 aromatic rings. The second-order valence-electron chi connectivity index (χ2n) is 8.47. The molecule has 0 amide bonds. The van der Waals surface area contributed by atoms with E-state index in [4.69, 9.17) is 4.74 Å². The quantitative estimate of drug-likeness (QED) is 0.849. The number of phenolic OH excluding ortho intramolecular Hbond substituents is 1. The van der Waals surface area contributed by atoms with E-state index in [1.165, 1.54) is 5.56 Å². The fourth-order valence-corrected chi connectivity index (χ4v) is 2.50. The molecule has 0 fully saturated rings. The van der Waals surface area contributed by atoms with Crippen LogP contribution >= 0.6 is 0 Å². The lowest BCUT2D eigenvalue weighted by Crippen LogP contribution is -2.35. The number of hydrogen-bond acceptors (Lipinski definition) is 4. The number of phenols is 1. The maximum atomic E-state index is 10.9. The van der Waals surface area contributed by atoms with Crippen LogP contribution < -0.4 is 10.1 Å². The maximum absolute atomic E-state index is 10.9. The standard InChI is InChI=1S/C21H30N2O2/c1-20(2,3)16-10-15(13-23-21(4,5)6)19(24)17(11-16)14-8-9-18(25-7)22-12-14/h8-12,23-24H,13H2,1-7H3. The molecule has 1 aromatic carbocycles. The van der Waals surface area contributed by atoms with Gasteiger partial charge in [0.1, 0.15) is 5.75 Å². The van der Waals surface area contributed by atoms with Crippen molar-refractivity contribution in [3.63, 3.8) is 0 Å². The second-order valence-corrected chi connectivity index (χ2v) is 8.47. The number of benzene rings is 1. The van der Waals surface area contributed by atoms with Crippen LogP contribution in [0.15, 0.2) is 30.5 Å². The van der Waals surface area contributed by atoms with Crippen molar-refractivity contribution in [3.05, 3.63) is 41.6 Å². The van der Waals surface area contributed by atoms with Gasteiger partial charge in [-0.05, 0) is 43.9 Å². The summed E-state index contributed by atoms with van der Waals surface area (Å²) in [6, 6.07) is 7.88. The van der Waals surface area contributed by atoms with Crippen molar-refractivity contribution in [1.82, 2.24) is 10.3 Å². The van der Waals surface area contributed by atoms with Crippen LogP contribution in [-0.2, 0) is 12.0 Å². The number of pyridine rings is 1. The molecule has 0 unspecified atom stereocenters. The Labute approximate surface area is 151 Å². The van der Waals surface area contributed by atoms with Crippen LogP contribution in [0.4, 0.5) is 0 Å². The van der Waals surface area contributed by atoms with Gasteiger partial charge < -0.3 is 15.2 Å². The summed E-state index contributed by atoms with van der Waals surface area (Å²) in [6.07, 6.45) is 1.74. The number of nitrogens with one attached hydrogen (secondary N) is 1. The largest absolute Gasteiger partial charge is 0.507 e. The van der Waals surface area contributed by atoms with Gasteiger partial charge in [-0.1, -0.05) is 26.8 Å². The molecular weight excluding hydrogens is 312 g/mol. The summed E-state index contributed by atoms with van der Waals surface area (Å²) in [7, 11) is 1.59. The number of hydrogen-bond donors (Lipinski definition) is 2. The van der Waals surface area contributed by atoms with E-state index < -0.39 is 0 Å². The zero-order valence-corrected chi connectivity index (χ0v) is 16.4. The average Bonchev–Trinajstić information content (AvgIpc) is 2.52. The summed E-state index contributed by atoms with van der Waals surface area (Å²) in [5.41, 5.74) is 3.72. The summed E-state index contributed by atoms with van der Waals surface area (Å²) in [5.74, 6) is 0.863. The van der Waals surface area contributed by atoms with Crippen LogP contribution in [0.1, 0.15) is 52.7 Å². The lowest BCUT2D eigenvalue weighted by molar-refractivity contribution is 0.398. The molecule has 2 N–H and O–H groups in total. The molecule has 136 valence electrons. The van der Waals surface area contributed by atoms with Crippen LogP contribution in [0, 0.1) is 0 Å². The van der Waals surface area contributed by atoms with Gasteiger partial charge in [-0.15, -0.1) is 0 Å². The van der Waals surface area contributed by atoms with Crippen molar-refractivity contribution in [2.75, 3.05) is 7.11 Å². The number of aromatic hydroxyl groups is 1. The Balaban J connectivity index is 2.53. The summed E-state index contributed by atoms with van der Waals surface area (Å²) in [5, 5.41) is 14.3. The fraction of sp³-hybridized carbons (Fsp3) is 0.476. The number of methoxy groups -OCH3 is 1. The molecule has 25 heavy (non-hydrogen) atoms. The summed E-state index contributed by atoms with van der Waals surface area (Å²) in [4.78, 5) is 4.27. The van der Waals surface area contributed by atoms with E-state index in [0.29, 0.717) is 18.2 Å². The molecule has 1 aromatic heterocycles. The summed E-state index contributed by atoms with van der Waals surface area (Å²) in [6.45, 7) is 13.5. The van der Waals surface area contributed by atoms with Crippen LogP contribution in [0.25, 0.3) is 11.1 Å². The zero-order valence-electron chi connectivity index (χ0n) is 16.4. The number of nitrogens with zero attached hydrogens (tertiary/aromatic N) is 1. The molecule has 2 rings (SSSR count). The van der Waals surface area contributed by atoms with E-state index in [1.54, 1.807) is 13.3 Å². The van der Waals surface area contributed by atoms with Crippen molar-refractivity contribution in [2.45, 2.75) is 59.0 Å². The summed E-state index contributed by atoms with van der Waals surface area (Å²) < 4.78 is 5.13. The number of aromatic nitrogens is 1. The molecule has 4 nitrogen and oxygen atoms in total. The van der Waals surface area contributed by atoms with E-state index in [2.05, 4.69) is 64.0 Å². The third-order valence-corrected chi connectivity index (χ3v) is 4.12. The predicted octanol–water partition coefficient (Wildman–Crippen LogP) is 4.65. The predicted molar refractivity (Wildman–Crippen MR) is 103 cm³/mol. The highest BCUT2D eigenvalue weighted by molar-refractivity contribution is 5.72. The van der Waals surface area contributed by atoms with E-state index in [1.807, 2.05) is 12.1 Å². The Hall–Kier alpha value is -2.07. The van der Waals surface area contributed by atoms with Crippen molar-refractivity contribution < 1.29 is 9.84 Å². The van der Waals surface area contributed by atoms with E-state index >= 15 is 0 Å².